The van der Waals surface area contributed by atoms with Gasteiger partial charge in [0.15, 0.2) is 6.17 Å². The molecule has 1 atom stereocenters. The van der Waals surface area contributed by atoms with Gasteiger partial charge in [-0.05, 0) is 31.7 Å². The lowest BCUT2D eigenvalue weighted by Gasteiger charge is -2.26. The Hall–Kier alpha value is -1.00. The molecule has 4 heteroatoms. The normalized spacial score (nSPS) is 25.9. The third-order valence-electron chi connectivity index (χ3n) is 3.44. The summed E-state index contributed by atoms with van der Waals surface area (Å²) in [6.07, 6.45) is 2.23. The van der Waals surface area contributed by atoms with Crippen molar-refractivity contribution >= 4 is 0 Å². The van der Waals surface area contributed by atoms with Crippen molar-refractivity contribution in [3.05, 3.63) is 35.6 Å². The van der Waals surface area contributed by atoms with Gasteiger partial charge in [-0.2, -0.15) is 0 Å². The molecule has 0 radical (unpaired) electrons. The molecule has 1 aliphatic carbocycles. The first-order valence-electron chi connectivity index (χ1n) is 6.42. The van der Waals surface area contributed by atoms with E-state index < -0.39 is 12.0 Å². The second-order valence-electron chi connectivity index (χ2n) is 4.86. The van der Waals surface area contributed by atoms with E-state index in [1.165, 1.54) is 12.1 Å². The Labute approximate surface area is 106 Å². The molecule has 0 spiro atoms. The SMILES string of the molecule is NC1CCC(OCC(F)c2ccccc2F)CC1. The van der Waals surface area contributed by atoms with Crippen LogP contribution in [0.2, 0.25) is 0 Å². The van der Waals surface area contributed by atoms with Crippen LogP contribution in [0.4, 0.5) is 8.78 Å². The topological polar surface area (TPSA) is 35.2 Å². The minimum atomic E-state index is -1.40. The average Bonchev–Trinajstić information content (AvgIpc) is 2.38. The standard InChI is InChI=1S/C14H19F2NO/c15-13-4-2-1-3-12(13)14(16)9-18-11-7-5-10(17)6-8-11/h1-4,10-11,14H,5-9,17H2. The molecule has 1 aromatic rings. The Morgan fingerprint density at radius 2 is 1.89 bits per heavy atom. The highest BCUT2D eigenvalue weighted by atomic mass is 19.1. The quantitative estimate of drug-likeness (QED) is 0.897. The van der Waals surface area contributed by atoms with Gasteiger partial charge in [0.05, 0.1) is 12.7 Å². The van der Waals surface area contributed by atoms with Crippen LogP contribution in [-0.4, -0.2) is 18.8 Å². The molecular formula is C14H19F2NO. The number of ether oxygens (including phenoxy) is 1. The molecule has 0 aromatic heterocycles. The molecule has 0 saturated heterocycles. The number of hydrogen-bond acceptors (Lipinski definition) is 2. The second-order valence-corrected chi connectivity index (χ2v) is 4.86. The van der Waals surface area contributed by atoms with Gasteiger partial charge in [0.25, 0.3) is 0 Å². The highest BCUT2D eigenvalue weighted by Crippen LogP contribution is 2.24. The van der Waals surface area contributed by atoms with Crippen LogP contribution in [0.15, 0.2) is 24.3 Å². The Morgan fingerprint density at radius 1 is 1.22 bits per heavy atom. The number of benzene rings is 1. The molecule has 1 fully saturated rings. The van der Waals surface area contributed by atoms with E-state index in [0.29, 0.717) is 0 Å². The van der Waals surface area contributed by atoms with Crippen LogP contribution in [0.1, 0.15) is 37.4 Å². The van der Waals surface area contributed by atoms with Gasteiger partial charge in [-0.3, -0.25) is 0 Å². The first-order chi connectivity index (χ1) is 8.66. The van der Waals surface area contributed by atoms with Crippen molar-refractivity contribution in [3.63, 3.8) is 0 Å². The van der Waals surface area contributed by atoms with Gasteiger partial charge < -0.3 is 10.5 Å². The highest BCUT2D eigenvalue weighted by molar-refractivity contribution is 5.19. The lowest BCUT2D eigenvalue weighted by Crippen LogP contribution is -2.30. The molecule has 2 nitrogen and oxygen atoms in total. The number of nitrogens with two attached hydrogens (primary N) is 1. The van der Waals surface area contributed by atoms with E-state index in [-0.39, 0.29) is 24.3 Å². The summed E-state index contributed by atoms with van der Waals surface area (Å²) in [6.45, 7) is -0.0825. The maximum Gasteiger partial charge on any atom is 0.151 e. The molecule has 100 valence electrons. The zero-order valence-electron chi connectivity index (χ0n) is 10.3. The number of hydrogen-bond donors (Lipinski definition) is 1. The predicted octanol–water partition coefficient (Wildman–Crippen LogP) is 3.12. The maximum absolute atomic E-state index is 13.8. The van der Waals surface area contributed by atoms with E-state index in [1.54, 1.807) is 12.1 Å². The molecule has 2 N–H and O–H groups in total. The van der Waals surface area contributed by atoms with E-state index in [0.717, 1.165) is 25.7 Å². The van der Waals surface area contributed by atoms with Crippen LogP contribution in [0.3, 0.4) is 0 Å². The van der Waals surface area contributed by atoms with E-state index in [2.05, 4.69) is 0 Å². The van der Waals surface area contributed by atoms with Gasteiger partial charge in [-0.15, -0.1) is 0 Å². The van der Waals surface area contributed by atoms with Crippen molar-refractivity contribution in [1.82, 2.24) is 0 Å². The fraction of sp³-hybridized carbons (Fsp3) is 0.571. The minimum absolute atomic E-state index is 0.0647. The van der Waals surface area contributed by atoms with Crippen molar-refractivity contribution in [3.8, 4) is 0 Å². The first-order valence-corrected chi connectivity index (χ1v) is 6.42. The van der Waals surface area contributed by atoms with Crippen LogP contribution in [0, 0.1) is 5.82 Å². The summed E-state index contributed by atoms with van der Waals surface area (Å²) < 4.78 is 32.7. The van der Waals surface area contributed by atoms with E-state index in [4.69, 9.17) is 10.5 Å². The van der Waals surface area contributed by atoms with E-state index >= 15 is 0 Å². The Balaban J connectivity index is 1.81. The van der Waals surface area contributed by atoms with Crippen molar-refractivity contribution in [2.24, 2.45) is 5.73 Å². The van der Waals surface area contributed by atoms with Crippen molar-refractivity contribution in [1.29, 1.82) is 0 Å². The number of halogens is 2. The lowest BCUT2D eigenvalue weighted by atomic mass is 9.94. The summed E-state index contributed by atoms with van der Waals surface area (Å²) in [5.41, 5.74) is 5.86. The largest absolute Gasteiger partial charge is 0.375 e. The lowest BCUT2D eigenvalue weighted by molar-refractivity contribution is -0.00404. The summed E-state index contributed by atoms with van der Waals surface area (Å²) in [7, 11) is 0. The van der Waals surface area contributed by atoms with Gasteiger partial charge >= 0.3 is 0 Å². The van der Waals surface area contributed by atoms with E-state index in [1.807, 2.05) is 0 Å². The molecule has 1 saturated carbocycles. The first kappa shape index (κ1) is 13.4. The van der Waals surface area contributed by atoms with Gasteiger partial charge in [-0.1, -0.05) is 18.2 Å². The molecule has 18 heavy (non-hydrogen) atoms. The van der Waals surface area contributed by atoms with Crippen LogP contribution in [0.5, 0.6) is 0 Å². The molecule has 1 aromatic carbocycles. The Kier molecular flexibility index (Phi) is 4.66. The molecular weight excluding hydrogens is 236 g/mol. The molecule has 0 aliphatic heterocycles. The number of alkyl halides is 1. The Morgan fingerprint density at radius 3 is 2.56 bits per heavy atom. The van der Waals surface area contributed by atoms with Crippen LogP contribution >= 0.6 is 0 Å². The molecule has 1 unspecified atom stereocenters. The van der Waals surface area contributed by atoms with Gasteiger partial charge in [-0.25, -0.2) is 8.78 Å². The van der Waals surface area contributed by atoms with Crippen molar-refractivity contribution in [2.45, 2.75) is 44.0 Å². The van der Waals surface area contributed by atoms with Gasteiger partial charge in [0.1, 0.15) is 5.82 Å². The Bertz CT molecular complexity index is 378. The summed E-state index contributed by atoms with van der Waals surface area (Å²) in [6, 6.07) is 6.15. The highest BCUT2D eigenvalue weighted by Gasteiger charge is 2.21. The second kappa shape index (κ2) is 6.25. The fourth-order valence-electron chi connectivity index (χ4n) is 2.29. The fourth-order valence-corrected chi connectivity index (χ4v) is 2.29. The van der Waals surface area contributed by atoms with Crippen LogP contribution in [-0.2, 0) is 4.74 Å². The summed E-state index contributed by atoms with van der Waals surface area (Å²) in [4.78, 5) is 0. The average molecular weight is 255 g/mol. The van der Waals surface area contributed by atoms with Crippen LogP contribution in [0.25, 0.3) is 0 Å². The third kappa shape index (κ3) is 3.50. The van der Waals surface area contributed by atoms with Gasteiger partial charge in [0, 0.05) is 11.6 Å². The molecule has 0 heterocycles. The third-order valence-corrected chi connectivity index (χ3v) is 3.44. The zero-order valence-corrected chi connectivity index (χ0v) is 10.3. The predicted molar refractivity (Wildman–Crippen MR) is 66.4 cm³/mol. The molecule has 2 rings (SSSR count). The molecule has 0 amide bonds. The molecule has 0 bridgehead atoms. The molecule has 1 aliphatic rings. The summed E-state index contributed by atoms with van der Waals surface area (Å²) in [5, 5.41) is 0. The van der Waals surface area contributed by atoms with Crippen molar-refractivity contribution in [2.75, 3.05) is 6.61 Å². The summed E-state index contributed by atoms with van der Waals surface area (Å²) in [5.74, 6) is -0.515. The number of rotatable bonds is 4. The van der Waals surface area contributed by atoms with Crippen molar-refractivity contribution < 1.29 is 13.5 Å². The van der Waals surface area contributed by atoms with Gasteiger partial charge in [0.2, 0.25) is 0 Å². The van der Waals surface area contributed by atoms with E-state index in [9.17, 15) is 8.78 Å². The monoisotopic (exact) mass is 255 g/mol. The smallest absolute Gasteiger partial charge is 0.151 e. The minimum Gasteiger partial charge on any atom is -0.375 e. The van der Waals surface area contributed by atoms with Crippen LogP contribution < -0.4 is 5.73 Å². The maximum atomic E-state index is 13.8. The zero-order chi connectivity index (χ0) is 13.0. The summed E-state index contributed by atoms with van der Waals surface area (Å²) >= 11 is 0.